The first kappa shape index (κ1) is 13.1. The zero-order valence-electron chi connectivity index (χ0n) is 9.42. The summed E-state index contributed by atoms with van der Waals surface area (Å²) in [7, 11) is 0. The summed E-state index contributed by atoms with van der Waals surface area (Å²) in [5.74, 6) is -0.00245. The van der Waals surface area contributed by atoms with Gasteiger partial charge in [0.2, 0.25) is 17.2 Å². The summed E-state index contributed by atoms with van der Waals surface area (Å²) < 4.78 is 37.1. The van der Waals surface area contributed by atoms with E-state index in [0.29, 0.717) is 0 Å². The molecule has 1 atom stereocenters. The topological polar surface area (TPSA) is 62.7 Å². The number of halogens is 4. The van der Waals surface area contributed by atoms with Crippen molar-refractivity contribution in [2.45, 2.75) is 38.0 Å². The summed E-state index contributed by atoms with van der Waals surface area (Å²) in [4.78, 5) is 11.2. The van der Waals surface area contributed by atoms with Crippen LogP contribution in [0.3, 0.4) is 0 Å². The number of aromatic nitrogens is 3. The van der Waals surface area contributed by atoms with Gasteiger partial charge in [0.05, 0.1) is 0 Å². The highest BCUT2D eigenvalue weighted by Gasteiger charge is 2.36. The molecule has 0 aromatic carbocycles. The Morgan fingerprint density at radius 2 is 1.83 bits per heavy atom. The molecular formula is C9H11ClF3N5. The van der Waals surface area contributed by atoms with Crippen molar-refractivity contribution in [3.8, 4) is 0 Å². The van der Waals surface area contributed by atoms with Crippen LogP contribution >= 0.6 is 11.6 Å². The summed E-state index contributed by atoms with van der Waals surface area (Å²) in [5, 5.41) is 4.94. The van der Waals surface area contributed by atoms with Gasteiger partial charge in [0.15, 0.2) is 0 Å². The van der Waals surface area contributed by atoms with E-state index in [0.717, 1.165) is 19.8 Å². The minimum atomic E-state index is -4.37. The largest absolute Gasteiger partial charge is 0.408 e. The van der Waals surface area contributed by atoms with E-state index in [1.807, 2.05) is 0 Å². The third-order valence-corrected chi connectivity index (χ3v) is 2.52. The second-order valence-corrected chi connectivity index (χ2v) is 4.42. The molecule has 0 unspecified atom stereocenters. The number of alkyl halides is 3. The molecule has 1 aliphatic rings. The molecule has 1 fully saturated rings. The zero-order valence-corrected chi connectivity index (χ0v) is 10.2. The number of nitrogens with one attached hydrogen (secondary N) is 2. The molecular weight excluding hydrogens is 271 g/mol. The average Bonchev–Trinajstić information content (AvgIpc) is 2.98. The summed E-state index contributed by atoms with van der Waals surface area (Å²) in [6.07, 6.45) is -2.39. The second-order valence-electron chi connectivity index (χ2n) is 4.08. The van der Waals surface area contributed by atoms with Crippen molar-refractivity contribution in [2.75, 3.05) is 10.6 Å². The highest BCUT2D eigenvalue weighted by atomic mass is 35.5. The summed E-state index contributed by atoms with van der Waals surface area (Å²) in [6.45, 7) is 0.978. The van der Waals surface area contributed by atoms with Gasteiger partial charge in [0, 0.05) is 6.04 Å². The standard InChI is InChI=1S/C9H11ClF3N5/c1-4(9(11,12)13)14-7-16-6(10)17-8(18-7)15-5-2-3-5/h4-5H,2-3H2,1H3,(H2,14,15,16,17,18)/t4-/m1/s1. The van der Waals surface area contributed by atoms with Crippen LogP contribution in [0, 0.1) is 0 Å². The van der Waals surface area contributed by atoms with Crippen LogP contribution in [0.4, 0.5) is 25.1 Å². The number of rotatable bonds is 4. The quantitative estimate of drug-likeness (QED) is 0.888. The Labute approximate surface area is 106 Å². The molecule has 0 bridgehead atoms. The van der Waals surface area contributed by atoms with Crippen molar-refractivity contribution in [2.24, 2.45) is 0 Å². The van der Waals surface area contributed by atoms with Crippen LogP contribution in [-0.2, 0) is 0 Å². The van der Waals surface area contributed by atoms with Gasteiger partial charge >= 0.3 is 6.18 Å². The molecule has 0 spiro atoms. The van der Waals surface area contributed by atoms with E-state index in [1.165, 1.54) is 0 Å². The Morgan fingerprint density at radius 1 is 1.22 bits per heavy atom. The van der Waals surface area contributed by atoms with Crippen molar-refractivity contribution in [1.82, 2.24) is 15.0 Å². The molecule has 2 rings (SSSR count). The van der Waals surface area contributed by atoms with Crippen molar-refractivity contribution < 1.29 is 13.2 Å². The Kier molecular flexibility index (Phi) is 3.47. The normalized spacial score (nSPS) is 17.4. The summed E-state index contributed by atoms with van der Waals surface area (Å²) >= 11 is 5.63. The molecule has 0 radical (unpaired) electrons. The smallest absolute Gasteiger partial charge is 0.351 e. The number of hydrogen-bond acceptors (Lipinski definition) is 5. The fourth-order valence-corrected chi connectivity index (χ4v) is 1.33. The maximum absolute atomic E-state index is 12.4. The van der Waals surface area contributed by atoms with Crippen molar-refractivity contribution in [3.63, 3.8) is 0 Å². The van der Waals surface area contributed by atoms with E-state index in [1.54, 1.807) is 0 Å². The second kappa shape index (κ2) is 4.75. The molecule has 1 aliphatic carbocycles. The average molecular weight is 282 g/mol. The van der Waals surface area contributed by atoms with Gasteiger partial charge in [-0.1, -0.05) is 0 Å². The van der Waals surface area contributed by atoms with Gasteiger partial charge in [-0.2, -0.15) is 28.1 Å². The Bertz CT molecular complexity index is 435. The van der Waals surface area contributed by atoms with Crippen LogP contribution in [0.5, 0.6) is 0 Å². The van der Waals surface area contributed by atoms with Gasteiger partial charge in [-0.25, -0.2) is 0 Å². The van der Waals surface area contributed by atoms with Crippen molar-refractivity contribution >= 4 is 23.5 Å². The van der Waals surface area contributed by atoms with Gasteiger partial charge in [-0.05, 0) is 31.4 Å². The van der Waals surface area contributed by atoms with E-state index in [-0.39, 0.29) is 23.2 Å². The van der Waals surface area contributed by atoms with E-state index >= 15 is 0 Å². The SMILES string of the molecule is C[C@@H](Nc1nc(Cl)nc(NC2CC2)n1)C(F)(F)F. The van der Waals surface area contributed by atoms with Gasteiger partial charge in [0.1, 0.15) is 6.04 Å². The Morgan fingerprint density at radius 3 is 2.39 bits per heavy atom. The lowest BCUT2D eigenvalue weighted by Gasteiger charge is -2.17. The monoisotopic (exact) mass is 281 g/mol. The predicted octanol–water partition coefficient (Wildman–Crippen LogP) is 2.46. The van der Waals surface area contributed by atoms with Crippen molar-refractivity contribution in [1.29, 1.82) is 0 Å². The van der Waals surface area contributed by atoms with Gasteiger partial charge < -0.3 is 10.6 Å². The van der Waals surface area contributed by atoms with Crippen LogP contribution in [0.2, 0.25) is 5.28 Å². The van der Waals surface area contributed by atoms with E-state index in [9.17, 15) is 13.2 Å². The molecule has 1 heterocycles. The molecule has 0 amide bonds. The first-order chi connectivity index (χ1) is 8.34. The lowest BCUT2D eigenvalue weighted by atomic mass is 10.3. The molecule has 1 aromatic rings. The van der Waals surface area contributed by atoms with Gasteiger partial charge in [-0.15, -0.1) is 0 Å². The Hall–Kier alpha value is -1.31. The van der Waals surface area contributed by atoms with Gasteiger partial charge in [-0.3, -0.25) is 0 Å². The van der Waals surface area contributed by atoms with Gasteiger partial charge in [0.25, 0.3) is 0 Å². The van der Waals surface area contributed by atoms with E-state index in [4.69, 9.17) is 11.6 Å². The van der Waals surface area contributed by atoms with Crippen LogP contribution in [-0.4, -0.2) is 33.2 Å². The molecule has 1 aromatic heterocycles. The first-order valence-corrected chi connectivity index (χ1v) is 5.74. The van der Waals surface area contributed by atoms with E-state index < -0.39 is 12.2 Å². The van der Waals surface area contributed by atoms with E-state index in [2.05, 4.69) is 25.6 Å². The lowest BCUT2D eigenvalue weighted by molar-refractivity contribution is -0.138. The van der Waals surface area contributed by atoms with Crippen LogP contribution in [0.25, 0.3) is 0 Å². The summed E-state index contributed by atoms with van der Waals surface area (Å²) in [6, 6.07) is -1.49. The minimum Gasteiger partial charge on any atom is -0.351 e. The predicted molar refractivity (Wildman–Crippen MR) is 60.6 cm³/mol. The third-order valence-electron chi connectivity index (χ3n) is 2.36. The molecule has 9 heteroatoms. The zero-order chi connectivity index (χ0) is 13.3. The molecule has 0 aliphatic heterocycles. The fourth-order valence-electron chi connectivity index (χ4n) is 1.16. The van der Waals surface area contributed by atoms with Crippen LogP contribution < -0.4 is 10.6 Å². The highest BCUT2D eigenvalue weighted by Crippen LogP contribution is 2.25. The summed E-state index contributed by atoms with van der Waals surface area (Å²) in [5.41, 5.74) is 0. The fraction of sp³-hybridized carbons (Fsp3) is 0.667. The molecule has 5 nitrogen and oxygen atoms in total. The molecule has 18 heavy (non-hydrogen) atoms. The van der Waals surface area contributed by atoms with Crippen LogP contribution in [0.15, 0.2) is 0 Å². The van der Waals surface area contributed by atoms with Crippen molar-refractivity contribution in [3.05, 3.63) is 5.28 Å². The maximum Gasteiger partial charge on any atom is 0.408 e. The number of anilines is 2. The number of nitrogens with zero attached hydrogens (tertiary/aromatic N) is 3. The first-order valence-electron chi connectivity index (χ1n) is 5.36. The molecule has 0 saturated heterocycles. The molecule has 2 N–H and O–H groups in total. The molecule has 100 valence electrons. The Balaban J connectivity index is 2.09. The third kappa shape index (κ3) is 3.59. The minimum absolute atomic E-state index is 0.148. The van der Waals surface area contributed by atoms with Crippen LogP contribution in [0.1, 0.15) is 19.8 Å². The maximum atomic E-state index is 12.4. The molecule has 1 saturated carbocycles. The lowest BCUT2D eigenvalue weighted by Crippen LogP contribution is -2.33. The number of hydrogen-bond donors (Lipinski definition) is 2. The highest BCUT2D eigenvalue weighted by molar-refractivity contribution is 6.28.